The van der Waals surface area contributed by atoms with Gasteiger partial charge in [-0.3, -0.25) is 5.41 Å². The van der Waals surface area contributed by atoms with E-state index >= 15 is 0 Å². The Morgan fingerprint density at radius 3 is 2.67 bits per heavy atom. The van der Waals surface area contributed by atoms with E-state index in [1.807, 2.05) is 24.3 Å². The van der Waals surface area contributed by atoms with E-state index in [-0.39, 0.29) is 0 Å². The molecule has 0 amide bonds. The maximum atomic E-state index is 7.53. The summed E-state index contributed by atoms with van der Waals surface area (Å²) in [6.45, 7) is 0. The van der Waals surface area contributed by atoms with Gasteiger partial charge >= 0.3 is 0 Å². The third-order valence-electron chi connectivity index (χ3n) is 2.48. The Balaban J connectivity index is 2.46. The second-order valence-electron chi connectivity index (χ2n) is 3.44. The van der Waals surface area contributed by atoms with Gasteiger partial charge in [-0.05, 0) is 16.3 Å². The molecule has 2 rings (SSSR count). The number of ether oxygens (including phenoxy) is 1. The first-order valence-corrected chi connectivity index (χ1v) is 4.89. The van der Waals surface area contributed by atoms with Crippen LogP contribution in [0.5, 0.6) is 0 Å². The van der Waals surface area contributed by atoms with E-state index in [0.717, 1.165) is 5.56 Å². The zero-order valence-corrected chi connectivity index (χ0v) is 8.66. The molecule has 2 heteroatoms. The molecule has 2 nitrogen and oxygen atoms in total. The minimum atomic E-state index is 0.298. The van der Waals surface area contributed by atoms with Crippen LogP contribution < -0.4 is 0 Å². The summed E-state index contributed by atoms with van der Waals surface area (Å²) in [6, 6.07) is 14.3. The monoisotopic (exact) mass is 199 g/mol. The first-order chi connectivity index (χ1) is 7.31. The Kier molecular flexibility index (Phi) is 2.68. The minimum absolute atomic E-state index is 0.298. The predicted molar refractivity (Wildman–Crippen MR) is 62.4 cm³/mol. The molecule has 0 aromatic heterocycles. The molecule has 1 N–H and O–H groups in total. The smallest absolute Gasteiger partial charge is 0.184 e. The zero-order chi connectivity index (χ0) is 10.7. The molecule has 0 bridgehead atoms. The van der Waals surface area contributed by atoms with E-state index in [1.54, 1.807) is 0 Å². The number of nitrogens with one attached hydrogen (secondary N) is 1. The van der Waals surface area contributed by atoms with Crippen molar-refractivity contribution in [3.8, 4) is 0 Å². The molecule has 0 saturated carbocycles. The second-order valence-corrected chi connectivity index (χ2v) is 3.44. The fraction of sp³-hybridized carbons (Fsp3) is 0.154. The van der Waals surface area contributed by atoms with Crippen molar-refractivity contribution in [3.05, 3.63) is 48.0 Å². The third kappa shape index (κ3) is 1.99. The minimum Gasteiger partial charge on any atom is -0.484 e. The second kappa shape index (κ2) is 4.13. The SMILES string of the molecule is COC(=N)Cc1cccc2ccccc12. The lowest BCUT2D eigenvalue weighted by Crippen LogP contribution is -2.03. The molecule has 0 radical (unpaired) electrons. The normalized spacial score (nSPS) is 10.2. The number of benzene rings is 2. The lowest BCUT2D eigenvalue weighted by Gasteiger charge is -2.06. The fourth-order valence-corrected chi connectivity index (χ4v) is 1.69. The topological polar surface area (TPSA) is 33.1 Å². The standard InChI is InChI=1S/C13H13NO/c1-15-13(14)9-11-7-4-6-10-5-2-3-8-12(10)11/h2-8,14H,9H2,1H3. The van der Waals surface area contributed by atoms with E-state index in [1.165, 1.54) is 17.9 Å². The van der Waals surface area contributed by atoms with Gasteiger partial charge < -0.3 is 4.74 Å². The quantitative estimate of drug-likeness (QED) is 0.585. The lowest BCUT2D eigenvalue weighted by molar-refractivity contribution is 0.390. The van der Waals surface area contributed by atoms with Crippen LogP contribution in [0.15, 0.2) is 42.5 Å². The number of hydrogen-bond acceptors (Lipinski definition) is 2. The van der Waals surface area contributed by atoms with E-state index < -0.39 is 0 Å². The van der Waals surface area contributed by atoms with Crippen LogP contribution in [0.4, 0.5) is 0 Å². The number of rotatable bonds is 2. The summed E-state index contributed by atoms with van der Waals surface area (Å²) in [6.07, 6.45) is 0.553. The zero-order valence-electron chi connectivity index (χ0n) is 8.66. The molecule has 76 valence electrons. The Morgan fingerprint density at radius 2 is 1.87 bits per heavy atom. The fourth-order valence-electron chi connectivity index (χ4n) is 1.69. The van der Waals surface area contributed by atoms with Crippen LogP contribution in [0.2, 0.25) is 0 Å². The van der Waals surface area contributed by atoms with Crippen LogP contribution in [0.1, 0.15) is 5.56 Å². The molecule has 0 unspecified atom stereocenters. The summed E-state index contributed by atoms with van der Waals surface area (Å²) < 4.78 is 4.89. The summed E-state index contributed by atoms with van der Waals surface area (Å²) in [7, 11) is 1.54. The summed E-state index contributed by atoms with van der Waals surface area (Å²) in [5.41, 5.74) is 1.14. The van der Waals surface area contributed by atoms with Gasteiger partial charge in [-0.2, -0.15) is 0 Å². The number of methoxy groups -OCH3 is 1. The van der Waals surface area contributed by atoms with Crippen molar-refractivity contribution in [3.63, 3.8) is 0 Å². The van der Waals surface area contributed by atoms with Crippen molar-refractivity contribution in [2.45, 2.75) is 6.42 Å². The average molecular weight is 199 g/mol. The van der Waals surface area contributed by atoms with Crippen LogP contribution >= 0.6 is 0 Å². The Morgan fingerprint density at radius 1 is 1.13 bits per heavy atom. The molecule has 0 aliphatic heterocycles. The van der Waals surface area contributed by atoms with Gasteiger partial charge in [-0.25, -0.2) is 0 Å². The van der Waals surface area contributed by atoms with Crippen LogP contribution in [-0.2, 0) is 11.2 Å². The lowest BCUT2D eigenvalue weighted by atomic mass is 10.0. The number of fused-ring (bicyclic) bond motifs is 1. The first kappa shape index (κ1) is 9.71. The van der Waals surface area contributed by atoms with Gasteiger partial charge in [-0.15, -0.1) is 0 Å². The van der Waals surface area contributed by atoms with Gasteiger partial charge in [0.2, 0.25) is 0 Å². The highest BCUT2D eigenvalue weighted by Crippen LogP contribution is 2.18. The Labute approximate surface area is 89.0 Å². The first-order valence-electron chi connectivity index (χ1n) is 4.89. The van der Waals surface area contributed by atoms with Crippen molar-refractivity contribution in [1.29, 1.82) is 5.41 Å². The van der Waals surface area contributed by atoms with Crippen molar-refractivity contribution in [2.75, 3.05) is 7.11 Å². The van der Waals surface area contributed by atoms with Gasteiger partial charge in [0.15, 0.2) is 5.90 Å². The van der Waals surface area contributed by atoms with Crippen LogP contribution in [0.3, 0.4) is 0 Å². The van der Waals surface area contributed by atoms with Gasteiger partial charge in [0, 0.05) is 6.42 Å². The molecular formula is C13H13NO. The molecule has 0 fully saturated rings. The molecule has 0 spiro atoms. The van der Waals surface area contributed by atoms with Gasteiger partial charge in [0.1, 0.15) is 0 Å². The highest BCUT2D eigenvalue weighted by Gasteiger charge is 2.03. The molecule has 0 aliphatic rings. The van der Waals surface area contributed by atoms with Crippen molar-refractivity contribution < 1.29 is 4.74 Å². The van der Waals surface area contributed by atoms with Gasteiger partial charge in [0.05, 0.1) is 7.11 Å². The summed E-state index contributed by atoms with van der Waals surface area (Å²) in [5, 5.41) is 9.93. The number of hydrogen-bond donors (Lipinski definition) is 1. The summed E-state index contributed by atoms with van der Waals surface area (Å²) in [4.78, 5) is 0. The summed E-state index contributed by atoms with van der Waals surface area (Å²) >= 11 is 0. The maximum absolute atomic E-state index is 7.53. The van der Waals surface area contributed by atoms with Gasteiger partial charge in [-0.1, -0.05) is 42.5 Å². The molecule has 0 saturated heterocycles. The van der Waals surface area contributed by atoms with E-state index in [2.05, 4.69) is 18.2 Å². The van der Waals surface area contributed by atoms with E-state index in [0.29, 0.717) is 12.3 Å². The van der Waals surface area contributed by atoms with Crippen molar-refractivity contribution >= 4 is 16.7 Å². The molecule has 0 heterocycles. The molecule has 2 aromatic rings. The maximum Gasteiger partial charge on any atom is 0.184 e. The largest absolute Gasteiger partial charge is 0.484 e. The van der Waals surface area contributed by atoms with Crippen LogP contribution in [0, 0.1) is 5.41 Å². The van der Waals surface area contributed by atoms with Crippen LogP contribution in [0.25, 0.3) is 10.8 Å². The Bertz CT molecular complexity index is 485. The van der Waals surface area contributed by atoms with Gasteiger partial charge in [0.25, 0.3) is 0 Å². The molecule has 2 aromatic carbocycles. The van der Waals surface area contributed by atoms with E-state index in [9.17, 15) is 0 Å². The highest BCUT2D eigenvalue weighted by molar-refractivity contribution is 5.89. The highest BCUT2D eigenvalue weighted by atomic mass is 16.5. The Hall–Kier alpha value is -1.83. The average Bonchev–Trinajstić information content (AvgIpc) is 2.29. The van der Waals surface area contributed by atoms with Crippen molar-refractivity contribution in [2.24, 2.45) is 0 Å². The molecule has 0 atom stereocenters. The predicted octanol–water partition coefficient (Wildman–Crippen LogP) is 3.01. The van der Waals surface area contributed by atoms with Crippen molar-refractivity contribution in [1.82, 2.24) is 0 Å². The van der Waals surface area contributed by atoms with Crippen LogP contribution in [-0.4, -0.2) is 13.0 Å². The third-order valence-corrected chi connectivity index (χ3v) is 2.48. The summed E-state index contributed by atoms with van der Waals surface area (Å²) in [5.74, 6) is 0.298. The molecular weight excluding hydrogens is 186 g/mol. The molecule has 0 aliphatic carbocycles. The van der Waals surface area contributed by atoms with E-state index in [4.69, 9.17) is 10.1 Å². The molecule has 15 heavy (non-hydrogen) atoms.